The molecule has 0 radical (unpaired) electrons. The van der Waals surface area contributed by atoms with E-state index in [1.54, 1.807) is 19.1 Å². The molecule has 0 bridgehead atoms. The number of hydrogen-bond acceptors (Lipinski definition) is 2. The van der Waals surface area contributed by atoms with Gasteiger partial charge in [-0.15, -0.1) is 0 Å². The first-order chi connectivity index (χ1) is 12.0. The Balaban J connectivity index is 1.62. The highest BCUT2D eigenvalue weighted by Gasteiger charge is 2.49. The summed E-state index contributed by atoms with van der Waals surface area (Å²) in [6.45, 7) is 2.02. The lowest BCUT2D eigenvalue weighted by atomic mass is 9.89. The molecule has 1 aliphatic carbocycles. The normalized spacial score (nSPS) is 22.2. The Hall–Kier alpha value is -2.33. The summed E-state index contributed by atoms with van der Waals surface area (Å²) in [5.41, 5.74) is 3.34. The Labute approximate surface area is 151 Å². The monoisotopic (exact) mass is 354 g/mol. The number of fused-ring (bicyclic) bond motifs is 1. The lowest BCUT2D eigenvalue weighted by molar-refractivity contribution is -0.131. The highest BCUT2D eigenvalue weighted by Crippen LogP contribution is 2.33. The van der Waals surface area contributed by atoms with Gasteiger partial charge in [-0.1, -0.05) is 41.9 Å². The molecule has 1 atom stereocenters. The maximum Gasteiger partial charge on any atom is 0.325 e. The van der Waals surface area contributed by atoms with Crippen molar-refractivity contribution < 1.29 is 9.59 Å². The highest BCUT2D eigenvalue weighted by atomic mass is 35.5. The van der Waals surface area contributed by atoms with Crippen LogP contribution in [0.3, 0.4) is 0 Å². The fourth-order valence-corrected chi connectivity index (χ4v) is 3.82. The Morgan fingerprint density at radius 3 is 2.56 bits per heavy atom. The van der Waals surface area contributed by atoms with Gasteiger partial charge in [-0.25, -0.2) is 4.79 Å². The van der Waals surface area contributed by atoms with E-state index in [2.05, 4.69) is 17.4 Å². The van der Waals surface area contributed by atoms with Gasteiger partial charge in [0, 0.05) is 5.02 Å². The van der Waals surface area contributed by atoms with E-state index in [0.717, 1.165) is 30.4 Å². The summed E-state index contributed by atoms with van der Waals surface area (Å²) < 4.78 is 0. The topological polar surface area (TPSA) is 49.4 Å². The molecule has 0 aromatic heterocycles. The van der Waals surface area contributed by atoms with E-state index in [-0.39, 0.29) is 18.5 Å². The molecule has 1 fully saturated rings. The first-order valence-electron chi connectivity index (χ1n) is 8.48. The Morgan fingerprint density at radius 2 is 1.80 bits per heavy atom. The average Bonchev–Trinajstić information content (AvgIpc) is 3.15. The van der Waals surface area contributed by atoms with Crippen molar-refractivity contribution in [3.05, 3.63) is 69.7 Å². The second-order valence-electron chi connectivity index (χ2n) is 6.91. The molecule has 4 rings (SSSR count). The first kappa shape index (κ1) is 16.2. The number of nitrogens with one attached hydrogen (secondary N) is 1. The predicted molar refractivity (Wildman–Crippen MR) is 96.4 cm³/mol. The van der Waals surface area contributed by atoms with E-state index in [9.17, 15) is 9.59 Å². The Morgan fingerprint density at radius 1 is 1.08 bits per heavy atom. The lowest BCUT2D eigenvalue weighted by Crippen LogP contribution is -2.40. The van der Waals surface area contributed by atoms with Gasteiger partial charge < -0.3 is 5.32 Å². The number of halogens is 1. The van der Waals surface area contributed by atoms with Gasteiger partial charge >= 0.3 is 6.03 Å². The zero-order valence-corrected chi connectivity index (χ0v) is 14.8. The van der Waals surface area contributed by atoms with Crippen LogP contribution in [0.15, 0.2) is 42.5 Å². The molecule has 1 aliphatic heterocycles. The SMILES string of the molecule is C[C@]1(c2ccc3c(c2)CCC3)NC(=O)N(Cc2ccc(Cl)cc2)C1=O. The van der Waals surface area contributed by atoms with Crippen LogP contribution in [0.4, 0.5) is 4.79 Å². The minimum atomic E-state index is -1.01. The number of benzene rings is 2. The van der Waals surface area contributed by atoms with Gasteiger partial charge in [0.15, 0.2) is 0 Å². The smallest absolute Gasteiger partial charge is 0.319 e. The fraction of sp³-hybridized carbons (Fsp3) is 0.300. The summed E-state index contributed by atoms with van der Waals surface area (Å²) in [5, 5.41) is 3.51. The van der Waals surface area contributed by atoms with E-state index >= 15 is 0 Å². The van der Waals surface area contributed by atoms with Crippen LogP contribution >= 0.6 is 11.6 Å². The average molecular weight is 355 g/mol. The third-order valence-corrected chi connectivity index (χ3v) is 5.46. The molecule has 1 heterocycles. The molecule has 2 aliphatic rings. The summed E-state index contributed by atoms with van der Waals surface area (Å²) in [6, 6.07) is 12.9. The van der Waals surface area contributed by atoms with Crippen LogP contribution < -0.4 is 5.32 Å². The van der Waals surface area contributed by atoms with E-state index in [1.807, 2.05) is 18.2 Å². The van der Waals surface area contributed by atoms with Crippen LogP contribution in [0.1, 0.15) is 35.6 Å². The molecule has 1 N–H and O–H groups in total. The minimum Gasteiger partial charge on any atom is -0.319 e. The third kappa shape index (κ3) is 2.71. The van der Waals surface area contributed by atoms with E-state index < -0.39 is 5.54 Å². The molecule has 25 heavy (non-hydrogen) atoms. The van der Waals surface area contributed by atoms with Crippen LogP contribution in [0.25, 0.3) is 0 Å². The van der Waals surface area contributed by atoms with Crippen LogP contribution in [-0.4, -0.2) is 16.8 Å². The summed E-state index contributed by atoms with van der Waals surface area (Å²) in [7, 11) is 0. The zero-order chi connectivity index (χ0) is 17.6. The van der Waals surface area contributed by atoms with Crippen LogP contribution in [0.2, 0.25) is 5.02 Å². The molecule has 2 aromatic rings. The second-order valence-corrected chi connectivity index (χ2v) is 7.35. The number of aryl methyl sites for hydroxylation is 2. The van der Waals surface area contributed by atoms with Crippen LogP contribution in [0.5, 0.6) is 0 Å². The highest BCUT2D eigenvalue weighted by molar-refractivity contribution is 6.30. The molecule has 2 aromatic carbocycles. The molecule has 4 nitrogen and oxygen atoms in total. The number of carbonyl (C=O) groups excluding carboxylic acids is 2. The largest absolute Gasteiger partial charge is 0.325 e. The van der Waals surface area contributed by atoms with Gasteiger partial charge in [0.1, 0.15) is 5.54 Å². The van der Waals surface area contributed by atoms with Crippen molar-refractivity contribution in [2.45, 2.75) is 38.3 Å². The molecule has 128 valence electrons. The molecule has 3 amide bonds. The first-order valence-corrected chi connectivity index (χ1v) is 8.86. The summed E-state index contributed by atoms with van der Waals surface area (Å²) in [4.78, 5) is 26.7. The van der Waals surface area contributed by atoms with Gasteiger partial charge in [0.05, 0.1) is 6.54 Å². The lowest BCUT2D eigenvalue weighted by Gasteiger charge is -2.23. The predicted octanol–water partition coefficient (Wildman–Crippen LogP) is 3.80. The van der Waals surface area contributed by atoms with Crippen molar-refractivity contribution in [1.82, 2.24) is 10.2 Å². The van der Waals surface area contributed by atoms with Crippen molar-refractivity contribution in [3.63, 3.8) is 0 Å². The maximum atomic E-state index is 13.0. The Bertz CT molecular complexity index is 862. The van der Waals surface area contributed by atoms with Crippen molar-refractivity contribution in [3.8, 4) is 0 Å². The Kier molecular flexibility index (Phi) is 3.80. The van der Waals surface area contributed by atoms with Gasteiger partial charge in [0.2, 0.25) is 0 Å². The summed E-state index contributed by atoms with van der Waals surface area (Å²) in [5.74, 6) is -0.217. The number of amides is 3. The number of nitrogens with zero attached hydrogens (tertiary/aromatic N) is 1. The van der Waals surface area contributed by atoms with Crippen molar-refractivity contribution in [2.75, 3.05) is 0 Å². The zero-order valence-electron chi connectivity index (χ0n) is 14.0. The molecule has 0 spiro atoms. The number of hydrogen-bond donors (Lipinski definition) is 1. The minimum absolute atomic E-state index is 0.217. The summed E-state index contributed by atoms with van der Waals surface area (Å²) >= 11 is 5.90. The second kappa shape index (κ2) is 5.88. The van der Waals surface area contributed by atoms with Gasteiger partial charge in [-0.05, 0) is 60.6 Å². The van der Waals surface area contributed by atoms with E-state index in [4.69, 9.17) is 11.6 Å². The molecule has 0 saturated carbocycles. The van der Waals surface area contributed by atoms with Crippen molar-refractivity contribution in [2.24, 2.45) is 0 Å². The molecule has 5 heteroatoms. The molecular weight excluding hydrogens is 336 g/mol. The summed E-state index contributed by atoms with van der Waals surface area (Å²) in [6.07, 6.45) is 3.28. The fourth-order valence-electron chi connectivity index (χ4n) is 3.69. The van der Waals surface area contributed by atoms with Gasteiger partial charge in [0.25, 0.3) is 5.91 Å². The van der Waals surface area contributed by atoms with Crippen molar-refractivity contribution >= 4 is 23.5 Å². The quantitative estimate of drug-likeness (QED) is 0.852. The number of carbonyl (C=O) groups is 2. The van der Waals surface area contributed by atoms with Crippen LogP contribution in [-0.2, 0) is 29.7 Å². The molecule has 0 unspecified atom stereocenters. The number of urea groups is 1. The number of imide groups is 1. The number of rotatable bonds is 3. The third-order valence-electron chi connectivity index (χ3n) is 5.20. The van der Waals surface area contributed by atoms with E-state index in [0.29, 0.717) is 5.02 Å². The molecular formula is C20H19ClN2O2. The maximum absolute atomic E-state index is 13.0. The van der Waals surface area contributed by atoms with Crippen LogP contribution in [0, 0.1) is 0 Å². The standard InChI is InChI=1S/C20H19ClN2O2/c1-20(16-8-7-14-3-2-4-15(14)11-16)18(24)23(19(25)22-20)12-13-5-9-17(21)10-6-13/h5-11H,2-4,12H2,1H3,(H,22,25)/t20-/m1/s1. The van der Waals surface area contributed by atoms with Gasteiger partial charge in [-0.3, -0.25) is 9.69 Å². The van der Waals surface area contributed by atoms with Crippen molar-refractivity contribution in [1.29, 1.82) is 0 Å². The molecule has 1 saturated heterocycles. The van der Waals surface area contributed by atoms with E-state index in [1.165, 1.54) is 16.0 Å². The van der Waals surface area contributed by atoms with Gasteiger partial charge in [-0.2, -0.15) is 0 Å².